The maximum atomic E-state index is 13.7. The topological polar surface area (TPSA) is 122 Å². The van der Waals surface area contributed by atoms with Gasteiger partial charge in [0.1, 0.15) is 11.6 Å². The van der Waals surface area contributed by atoms with Gasteiger partial charge in [-0.2, -0.15) is 0 Å². The van der Waals surface area contributed by atoms with Crippen LogP contribution in [-0.2, 0) is 21.7 Å². The summed E-state index contributed by atoms with van der Waals surface area (Å²) in [6.45, 7) is 3.96. The smallest absolute Gasteiger partial charge is 0.303 e. The van der Waals surface area contributed by atoms with Crippen LogP contribution >= 0.6 is 0 Å². The van der Waals surface area contributed by atoms with Gasteiger partial charge in [-0.05, 0) is 80.8 Å². The first kappa shape index (κ1) is 26.4. The van der Waals surface area contributed by atoms with Crippen LogP contribution in [0.25, 0.3) is 27.6 Å². The average Bonchev–Trinajstić information content (AvgIpc) is 3.56. The number of halogens is 1. The lowest BCUT2D eigenvalue weighted by Crippen LogP contribution is -2.25. The van der Waals surface area contributed by atoms with E-state index in [0.717, 1.165) is 22.2 Å². The molecule has 1 aliphatic rings. The van der Waals surface area contributed by atoms with E-state index in [0.29, 0.717) is 59.6 Å². The monoisotopic (exact) mass is 553 g/mol. The van der Waals surface area contributed by atoms with E-state index in [9.17, 15) is 14.0 Å². The zero-order chi connectivity index (χ0) is 28.7. The van der Waals surface area contributed by atoms with Crippen molar-refractivity contribution in [1.29, 1.82) is 0 Å². The van der Waals surface area contributed by atoms with Gasteiger partial charge in [0, 0.05) is 24.8 Å². The molecule has 9 nitrogen and oxygen atoms in total. The number of carboxylic acids is 1. The summed E-state index contributed by atoms with van der Waals surface area (Å²) in [5.41, 5.74) is 4.32. The van der Waals surface area contributed by atoms with Crippen LogP contribution in [0.3, 0.4) is 0 Å². The van der Waals surface area contributed by atoms with Crippen LogP contribution < -0.4 is 5.56 Å². The van der Waals surface area contributed by atoms with Gasteiger partial charge < -0.3 is 14.9 Å². The molecule has 5 aromatic rings. The van der Waals surface area contributed by atoms with Crippen molar-refractivity contribution in [2.45, 2.75) is 51.6 Å². The Balaban J connectivity index is 1.34. The van der Waals surface area contributed by atoms with Crippen LogP contribution in [-0.4, -0.2) is 36.3 Å². The van der Waals surface area contributed by atoms with Crippen LogP contribution in [0.4, 0.5) is 4.39 Å². The van der Waals surface area contributed by atoms with Crippen LogP contribution in [0.5, 0.6) is 0 Å². The van der Waals surface area contributed by atoms with E-state index in [1.807, 2.05) is 44.2 Å². The molecule has 0 saturated carbocycles. The first-order valence-electron chi connectivity index (χ1n) is 13.5. The molecule has 6 rings (SSSR count). The molecule has 0 saturated heterocycles. The molecule has 0 radical (unpaired) electrons. The molecule has 1 atom stereocenters. The number of benzene rings is 3. The Morgan fingerprint density at radius 1 is 1.07 bits per heavy atom. The summed E-state index contributed by atoms with van der Waals surface area (Å²) >= 11 is 0. The van der Waals surface area contributed by atoms with Gasteiger partial charge in [0.2, 0.25) is 0 Å². The number of unbranched alkanes of at least 4 members (excludes halogenated alkanes) is 1. The lowest BCUT2D eigenvalue weighted by atomic mass is 9.95. The first-order chi connectivity index (χ1) is 19.7. The summed E-state index contributed by atoms with van der Waals surface area (Å²) in [4.78, 5) is 43.5. The molecule has 1 aliphatic heterocycles. The number of nitrogens with zero attached hydrogens (tertiary/aromatic N) is 4. The van der Waals surface area contributed by atoms with Crippen LogP contribution in [0.2, 0.25) is 0 Å². The molecule has 3 heterocycles. The van der Waals surface area contributed by atoms with Gasteiger partial charge in [0.05, 0.1) is 33.3 Å². The van der Waals surface area contributed by atoms with Crippen molar-refractivity contribution in [3.05, 3.63) is 99.6 Å². The number of carboxylic acid groups (broad SMARTS) is 1. The first-order valence-corrected chi connectivity index (χ1v) is 13.5. The fourth-order valence-electron chi connectivity index (χ4n) is 5.19. The Morgan fingerprint density at radius 2 is 1.88 bits per heavy atom. The maximum Gasteiger partial charge on any atom is 0.303 e. The van der Waals surface area contributed by atoms with E-state index >= 15 is 0 Å². The molecule has 0 amide bonds. The number of hydrogen-bond acceptors (Lipinski definition) is 6. The lowest BCUT2D eigenvalue weighted by Gasteiger charge is -2.18. The number of aliphatic carboxylic acids is 1. The number of oxime groups is 1. The number of rotatable bonds is 8. The van der Waals surface area contributed by atoms with E-state index < -0.39 is 17.4 Å². The number of aryl methyl sites for hydroxylation is 2. The Morgan fingerprint density at radius 3 is 2.66 bits per heavy atom. The van der Waals surface area contributed by atoms with Gasteiger partial charge in [-0.1, -0.05) is 17.3 Å². The molecule has 2 aromatic heterocycles. The number of carbonyl (C=O) groups is 1. The summed E-state index contributed by atoms with van der Waals surface area (Å²) in [5, 5.41) is 13.8. The second kappa shape index (κ2) is 10.3. The third-order valence-corrected chi connectivity index (χ3v) is 7.40. The van der Waals surface area contributed by atoms with Crippen molar-refractivity contribution < 1.29 is 19.1 Å². The molecule has 0 bridgehead atoms. The summed E-state index contributed by atoms with van der Waals surface area (Å²) in [7, 11) is 0. The van der Waals surface area contributed by atoms with Crippen molar-refractivity contribution in [3.8, 4) is 5.69 Å². The van der Waals surface area contributed by atoms with Crippen LogP contribution in [0, 0.1) is 12.7 Å². The molecular weight excluding hydrogens is 525 g/mol. The van der Waals surface area contributed by atoms with E-state index in [1.165, 1.54) is 28.8 Å². The highest BCUT2D eigenvalue weighted by atomic mass is 19.1. The minimum atomic E-state index is -0.874. The normalized spacial score (nSPS) is 16.7. The molecule has 208 valence electrons. The molecule has 0 aliphatic carbocycles. The highest BCUT2D eigenvalue weighted by Crippen LogP contribution is 2.36. The largest absolute Gasteiger partial charge is 0.481 e. The van der Waals surface area contributed by atoms with E-state index in [4.69, 9.17) is 19.9 Å². The Kier molecular flexibility index (Phi) is 6.61. The summed E-state index contributed by atoms with van der Waals surface area (Å²) in [6.07, 6.45) is 1.85. The standard InChI is InChI=1S/C31H28FN5O4/c1-18-7-14-23-25(15-18)35-30(34-23)31(2)17-26(36-41-31)19-8-13-22-24(16-19)33-27(5-3-4-6-28(38)39)37(29(22)40)21-11-9-20(32)10-12-21/h7-16H,3-6,17H2,1-2H3,(H,34,35)(H,38,39)/t31-/m0/s1. The molecular formula is C31H28FN5O4. The summed E-state index contributed by atoms with van der Waals surface area (Å²) in [6, 6.07) is 17.0. The quantitative estimate of drug-likeness (QED) is 0.243. The molecule has 10 heteroatoms. The number of H-pyrrole nitrogens is 1. The maximum absolute atomic E-state index is 13.7. The fourth-order valence-corrected chi connectivity index (χ4v) is 5.19. The number of hydrogen-bond donors (Lipinski definition) is 2. The Bertz CT molecular complexity index is 1890. The highest BCUT2D eigenvalue weighted by Gasteiger charge is 2.39. The molecule has 41 heavy (non-hydrogen) atoms. The lowest BCUT2D eigenvalue weighted by molar-refractivity contribution is -0.137. The molecule has 2 N–H and O–H groups in total. The fraction of sp³-hybridized carbons (Fsp3) is 0.258. The molecule has 3 aromatic carbocycles. The van der Waals surface area contributed by atoms with Crippen molar-refractivity contribution >= 4 is 33.6 Å². The minimum Gasteiger partial charge on any atom is -0.481 e. The van der Waals surface area contributed by atoms with Crippen LogP contribution in [0.1, 0.15) is 55.4 Å². The van der Waals surface area contributed by atoms with Crippen molar-refractivity contribution in [2.75, 3.05) is 0 Å². The van der Waals surface area contributed by atoms with E-state index in [-0.39, 0.29) is 12.0 Å². The predicted octanol–water partition coefficient (Wildman–Crippen LogP) is 5.55. The van der Waals surface area contributed by atoms with Gasteiger partial charge >= 0.3 is 5.97 Å². The van der Waals surface area contributed by atoms with Gasteiger partial charge in [-0.15, -0.1) is 0 Å². The number of fused-ring (bicyclic) bond motifs is 2. The number of aromatic amines is 1. The number of nitrogens with one attached hydrogen (secondary N) is 1. The van der Waals surface area contributed by atoms with Gasteiger partial charge in [-0.3, -0.25) is 14.2 Å². The number of aromatic nitrogens is 4. The van der Waals surface area contributed by atoms with Gasteiger partial charge in [-0.25, -0.2) is 14.4 Å². The Labute approximate surface area is 234 Å². The Hall–Kier alpha value is -4.86. The molecule has 0 unspecified atom stereocenters. The van der Waals surface area contributed by atoms with Crippen LogP contribution in [0.15, 0.2) is 70.6 Å². The average molecular weight is 554 g/mol. The second-order valence-corrected chi connectivity index (χ2v) is 10.6. The van der Waals surface area contributed by atoms with Crippen molar-refractivity contribution in [3.63, 3.8) is 0 Å². The highest BCUT2D eigenvalue weighted by molar-refractivity contribution is 6.04. The zero-order valence-electron chi connectivity index (χ0n) is 22.6. The predicted molar refractivity (Wildman–Crippen MR) is 153 cm³/mol. The third-order valence-electron chi connectivity index (χ3n) is 7.40. The zero-order valence-corrected chi connectivity index (χ0v) is 22.6. The summed E-state index contributed by atoms with van der Waals surface area (Å²) < 4.78 is 15.1. The number of imidazole rings is 1. The third kappa shape index (κ3) is 5.08. The van der Waals surface area contributed by atoms with Crippen molar-refractivity contribution in [2.24, 2.45) is 5.16 Å². The van der Waals surface area contributed by atoms with Gasteiger partial charge in [0.25, 0.3) is 5.56 Å². The summed E-state index contributed by atoms with van der Waals surface area (Å²) in [5.74, 6) is -0.126. The van der Waals surface area contributed by atoms with E-state index in [1.54, 1.807) is 6.07 Å². The molecule has 0 fully saturated rings. The second-order valence-electron chi connectivity index (χ2n) is 10.6. The SMILES string of the molecule is Cc1ccc2nc([C@]3(C)CC(c4ccc5c(=O)n(-c6ccc(F)cc6)c(CCCCC(=O)O)nc5c4)=NO3)[nH]c2c1. The molecule has 0 spiro atoms. The minimum absolute atomic E-state index is 0.0297. The van der Waals surface area contributed by atoms with Crippen molar-refractivity contribution in [1.82, 2.24) is 19.5 Å². The van der Waals surface area contributed by atoms with E-state index in [2.05, 4.69) is 10.1 Å². The van der Waals surface area contributed by atoms with Gasteiger partial charge in [0.15, 0.2) is 11.4 Å².